The molecule has 3 aromatic rings. The van der Waals surface area contributed by atoms with E-state index in [9.17, 15) is 14.4 Å². The van der Waals surface area contributed by atoms with E-state index >= 15 is 0 Å². The van der Waals surface area contributed by atoms with Crippen LogP contribution in [-0.4, -0.2) is 17.6 Å². The van der Waals surface area contributed by atoms with Crippen LogP contribution in [-0.2, 0) is 9.53 Å². The van der Waals surface area contributed by atoms with E-state index < -0.39 is 29.3 Å². The molecule has 162 valence electrons. The Labute approximate surface area is 179 Å². The lowest BCUT2D eigenvalue weighted by atomic mass is 10.1. The molecule has 2 aromatic carbocycles. The Morgan fingerprint density at radius 2 is 1.71 bits per heavy atom. The van der Waals surface area contributed by atoms with Gasteiger partial charge in [0.1, 0.15) is 23.0 Å². The molecule has 3 rings (SSSR count). The summed E-state index contributed by atoms with van der Waals surface area (Å²) in [6.07, 6.45) is -1.48. The number of rotatable bonds is 5. The van der Waals surface area contributed by atoms with E-state index in [1.807, 2.05) is 30.3 Å². The summed E-state index contributed by atoms with van der Waals surface area (Å²) in [5, 5.41) is 0.752. The maximum Gasteiger partial charge on any atom is 0.426 e. The molecular formula is C23H24N2O6. The van der Waals surface area contributed by atoms with E-state index in [4.69, 9.17) is 13.9 Å². The van der Waals surface area contributed by atoms with Crippen molar-refractivity contribution in [1.82, 2.24) is 10.9 Å². The van der Waals surface area contributed by atoms with Crippen LogP contribution in [0.5, 0.6) is 5.75 Å². The first kappa shape index (κ1) is 21.9. The molecule has 8 nitrogen and oxygen atoms in total. The lowest BCUT2D eigenvalue weighted by molar-refractivity contribution is -0.123. The predicted octanol–water partition coefficient (Wildman–Crippen LogP) is 3.86. The van der Waals surface area contributed by atoms with Crippen molar-refractivity contribution in [2.24, 2.45) is 0 Å². The number of carbonyl (C=O) groups is 2. The first-order valence-electron chi connectivity index (χ1n) is 9.73. The topological polar surface area (TPSA) is 107 Å². The number of ether oxygens (including phenoxy) is 2. The minimum Gasteiger partial charge on any atom is -0.485 e. The molecule has 1 aromatic heterocycles. The number of amides is 2. The van der Waals surface area contributed by atoms with Gasteiger partial charge in [0.2, 0.25) is 5.91 Å². The summed E-state index contributed by atoms with van der Waals surface area (Å²) in [6, 6.07) is 17.3. The maximum absolute atomic E-state index is 12.4. The van der Waals surface area contributed by atoms with Gasteiger partial charge in [0.15, 0.2) is 0 Å². The molecule has 8 heteroatoms. The van der Waals surface area contributed by atoms with Gasteiger partial charge in [-0.1, -0.05) is 30.3 Å². The lowest BCUT2D eigenvalue weighted by Gasteiger charge is -2.21. The van der Waals surface area contributed by atoms with Gasteiger partial charge >= 0.3 is 11.7 Å². The molecule has 0 radical (unpaired) electrons. The highest BCUT2D eigenvalue weighted by Gasteiger charge is 2.20. The predicted molar refractivity (Wildman–Crippen MR) is 114 cm³/mol. The van der Waals surface area contributed by atoms with Crippen LogP contribution >= 0.6 is 0 Å². The summed E-state index contributed by atoms with van der Waals surface area (Å²) < 4.78 is 16.3. The molecule has 0 saturated heterocycles. The molecule has 2 amide bonds. The molecular weight excluding hydrogens is 400 g/mol. The second kappa shape index (κ2) is 9.34. The standard InChI is InChI=1S/C23H24N2O6/c1-23(2,3)31-22(28)25-24-20(26)14-19(15-7-5-4-6-8-15)29-17-11-9-16-10-12-21(27)30-18(16)13-17/h4-13,19H,14H2,1-3H3,(H,24,26)(H,25,28). The van der Waals surface area contributed by atoms with Crippen molar-refractivity contribution in [1.29, 1.82) is 0 Å². The maximum atomic E-state index is 12.4. The third-order valence-electron chi connectivity index (χ3n) is 4.12. The van der Waals surface area contributed by atoms with Crippen molar-refractivity contribution in [3.8, 4) is 5.75 Å². The van der Waals surface area contributed by atoms with Crippen LogP contribution in [0.4, 0.5) is 4.79 Å². The van der Waals surface area contributed by atoms with Crippen molar-refractivity contribution in [3.63, 3.8) is 0 Å². The average Bonchev–Trinajstić information content (AvgIpc) is 2.71. The molecule has 1 heterocycles. The first-order valence-corrected chi connectivity index (χ1v) is 9.73. The molecule has 1 atom stereocenters. The van der Waals surface area contributed by atoms with Crippen molar-refractivity contribution < 1.29 is 23.5 Å². The zero-order chi connectivity index (χ0) is 22.4. The third-order valence-corrected chi connectivity index (χ3v) is 4.12. The fourth-order valence-electron chi connectivity index (χ4n) is 2.82. The molecule has 0 saturated carbocycles. The molecule has 0 aliphatic rings. The van der Waals surface area contributed by atoms with Gasteiger partial charge in [-0.25, -0.2) is 15.0 Å². The zero-order valence-corrected chi connectivity index (χ0v) is 17.5. The average molecular weight is 424 g/mol. The van der Waals surface area contributed by atoms with Gasteiger partial charge < -0.3 is 13.9 Å². The highest BCUT2D eigenvalue weighted by atomic mass is 16.6. The van der Waals surface area contributed by atoms with Crippen molar-refractivity contribution in [3.05, 3.63) is 76.6 Å². The Balaban J connectivity index is 1.73. The van der Waals surface area contributed by atoms with Crippen LogP contribution in [0.15, 0.2) is 69.9 Å². The van der Waals surface area contributed by atoms with Gasteiger partial charge in [0.25, 0.3) is 0 Å². The third kappa shape index (κ3) is 6.60. The quantitative estimate of drug-likeness (QED) is 0.476. The van der Waals surface area contributed by atoms with Gasteiger partial charge in [-0.2, -0.15) is 0 Å². The fourth-order valence-corrected chi connectivity index (χ4v) is 2.82. The number of fused-ring (bicyclic) bond motifs is 1. The number of nitrogens with one attached hydrogen (secondary N) is 2. The summed E-state index contributed by atoms with van der Waals surface area (Å²) in [5.41, 5.74) is 4.55. The molecule has 0 aliphatic heterocycles. The smallest absolute Gasteiger partial charge is 0.426 e. The van der Waals surface area contributed by atoms with Crippen LogP contribution in [0.3, 0.4) is 0 Å². The molecule has 31 heavy (non-hydrogen) atoms. The van der Waals surface area contributed by atoms with E-state index in [2.05, 4.69) is 10.9 Å². The number of hydrazine groups is 1. The highest BCUT2D eigenvalue weighted by Crippen LogP contribution is 2.27. The summed E-state index contributed by atoms with van der Waals surface area (Å²) in [7, 11) is 0. The molecule has 0 bridgehead atoms. The van der Waals surface area contributed by atoms with Crippen LogP contribution < -0.4 is 21.2 Å². The van der Waals surface area contributed by atoms with Gasteiger partial charge in [-0.15, -0.1) is 0 Å². The Kier molecular flexibility index (Phi) is 6.59. The molecule has 0 spiro atoms. The number of carbonyl (C=O) groups excluding carboxylic acids is 2. The SMILES string of the molecule is CC(C)(C)OC(=O)NNC(=O)CC(Oc1ccc2ccc(=O)oc2c1)c1ccccc1. The number of benzene rings is 2. The van der Waals surface area contributed by atoms with Crippen LogP contribution in [0, 0.1) is 0 Å². The minimum atomic E-state index is -0.761. The van der Waals surface area contributed by atoms with Crippen LogP contribution in [0.25, 0.3) is 11.0 Å². The van der Waals surface area contributed by atoms with Gasteiger partial charge in [-0.05, 0) is 44.5 Å². The Bertz CT molecular complexity index is 1120. The van der Waals surface area contributed by atoms with E-state index in [0.29, 0.717) is 11.3 Å². The molecule has 2 N–H and O–H groups in total. The first-order chi connectivity index (χ1) is 14.7. The second-order valence-corrected chi connectivity index (χ2v) is 7.85. The van der Waals surface area contributed by atoms with Gasteiger partial charge in [0.05, 0.1) is 6.42 Å². The van der Waals surface area contributed by atoms with Crippen molar-refractivity contribution >= 4 is 23.0 Å². The molecule has 0 fully saturated rings. The summed E-state index contributed by atoms with van der Waals surface area (Å²) in [4.78, 5) is 35.7. The van der Waals surface area contributed by atoms with Gasteiger partial charge in [0, 0.05) is 17.5 Å². The Morgan fingerprint density at radius 1 is 1.00 bits per heavy atom. The fraction of sp³-hybridized carbons (Fsp3) is 0.261. The monoisotopic (exact) mass is 424 g/mol. The van der Waals surface area contributed by atoms with Crippen LogP contribution in [0.2, 0.25) is 0 Å². The van der Waals surface area contributed by atoms with E-state index in [-0.39, 0.29) is 6.42 Å². The highest BCUT2D eigenvalue weighted by molar-refractivity contribution is 5.80. The zero-order valence-electron chi connectivity index (χ0n) is 17.5. The summed E-state index contributed by atoms with van der Waals surface area (Å²) >= 11 is 0. The largest absolute Gasteiger partial charge is 0.485 e. The normalized spacial score (nSPS) is 12.1. The van der Waals surface area contributed by atoms with E-state index in [0.717, 1.165) is 10.9 Å². The van der Waals surface area contributed by atoms with Gasteiger partial charge in [-0.3, -0.25) is 10.2 Å². The second-order valence-electron chi connectivity index (χ2n) is 7.85. The Hall–Kier alpha value is -3.81. The number of hydrogen-bond donors (Lipinski definition) is 2. The minimum absolute atomic E-state index is 0.0728. The van der Waals surface area contributed by atoms with Crippen molar-refractivity contribution in [2.45, 2.75) is 38.9 Å². The molecule has 0 aliphatic carbocycles. The van der Waals surface area contributed by atoms with E-state index in [1.54, 1.807) is 45.0 Å². The lowest BCUT2D eigenvalue weighted by Crippen LogP contribution is -2.44. The van der Waals surface area contributed by atoms with E-state index in [1.165, 1.54) is 6.07 Å². The summed E-state index contributed by atoms with van der Waals surface area (Å²) in [6.45, 7) is 5.16. The van der Waals surface area contributed by atoms with Crippen LogP contribution in [0.1, 0.15) is 38.9 Å². The number of hydrogen-bond acceptors (Lipinski definition) is 6. The Morgan fingerprint density at radius 3 is 2.42 bits per heavy atom. The van der Waals surface area contributed by atoms with Crippen molar-refractivity contribution in [2.75, 3.05) is 0 Å². The molecule has 1 unspecified atom stereocenters. The summed E-state index contributed by atoms with van der Waals surface area (Å²) in [5.74, 6) is -0.0318.